The number of hydrogen-bond donors (Lipinski definition) is 1. The lowest BCUT2D eigenvalue weighted by molar-refractivity contribution is 0.416. The summed E-state index contributed by atoms with van der Waals surface area (Å²) in [5.41, 5.74) is 3.43. The first kappa shape index (κ1) is 12.4. The van der Waals surface area contributed by atoms with E-state index in [1.807, 2.05) is 24.3 Å². The van der Waals surface area contributed by atoms with Gasteiger partial charge in [0, 0.05) is 18.4 Å². The molecule has 0 aliphatic heterocycles. The zero-order valence-corrected chi connectivity index (χ0v) is 11.0. The molecule has 0 saturated carbocycles. The lowest BCUT2D eigenvalue weighted by Gasteiger charge is -2.18. The zero-order chi connectivity index (χ0) is 13.0. The molecule has 94 valence electrons. The Morgan fingerprint density at radius 1 is 1.17 bits per heavy atom. The second-order valence-corrected chi connectivity index (χ2v) is 4.35. The van der Waals surface area contributed by atoms with E-state index in [0.717, 1.165) is 11.4 Å². The van der Waals surface area contributed by atoms with Crippen LogP contribution in [0, 0.1) is 6.92 Å². The van der Waals surface area contributed by atoms with Crippen molar-refractivity contribution in [3.63, 3.8) is 0 Å². The topological polar surface area (TPSA) is 34.1 Å². The molecule has 0 spiro atoms. The number of aromatic nitrogens is 1. The molecular weight excluding hydrogens is 224 g/mol. The molecule has 1 atom stereocenters. The van der Waals surface area contributed by atoms with Gasteiger partial charge in [-0.3, -0.25) is 4.98 Å². The summed E-state index contributed by atoms with van der Waals surface area (Å²) in [5, 5.41) is 3.47. The lowest BCUT2D eigenvalue weighted by Crippen LogP contribution is -2.07. The van der Waals surface area contributed by atoms with Crippen LogP contribution in [0.1, 0.15) is 24.1 Å². The van der Waals surface area contributed by atoms with E-state index in [1.165, 1.54) is 11.1 Å². The number of hydrogen-bond acceptors (Lipinski definition) is 3. The molecule has 1 unspecified atom stereocenters. The number of aryl methyl sites for hydroxylation is 1. The van der Waals surface area contributed by atoms with Crippen molar-refractivity contribution in [3.05, 3.63) is 53.9 Å². The summed E-state index contributed by atoms with van der Waals surface area (Å²) in [6.07, 6.45) is 3.61. The average molecular weight is 242 g/mol. The highest BCUT2D eigenvalue weighted by Gasteiger charge is 2.08. The van der Waals surface area contributed by atoms with Gasteiger partial charge in [0.25, 0.3) is 0 Å². The highest BCUT2D eigenvalue weighted by molar-refractivity contribution is 5.59. The largest absolute Gasteiger partial charge is 0.495 e. The third-order valence-corrected chi connectivity index (χ3v) is 2.93. The van der Waals surface area contributed by atoms with Crippen LogP contribution < -0.4 is 10.1 Å². The van der Waals surface area contributed by atoms with Gasteiger partial charge in [0.05, 0.1) is 12.8 Å². The van der Waals surface area contributed by atoms with Crippen LogP contribution >= 0.6 is 0 Å². The van der Waals surface area contributed by atoms with Gasteiger partial charge in [-0.1, -0.05) is 6.07 Å². The van der Waals surface area contributed by atoms with Crippen LogP contribution in [0.15, 0.2) is 42.7 Å². The van der Waals surface area contributed by atoms with Crippen LogP contribution in [-0.4, -0.2) is 12.1 Å². The summed E-state index contributed by atoms with van der Waals surface area (Å²) in [6.45, 7) is 4.19. The Morgan fingerprint density at radius 3 is 2.56 bits per heavy atom. The molecule has 2 rings (SSSR count). The van der Waals surface area contributed by atoms with Crippen molar-refractivity contribution < 1.29 is 4.74 Å². The fraction of sp³-hybridized carbons (Fsp3) is 0.267. The number of ether oxygens (including phenoxy) is 1. The molecule has 0 radical (unpaired) electrons. The van der Waals surface area contributed by atoms with Crippen molar-refractivity contribution >= 4 is 5.69 Å². The minimum atomic E-state index is 0.212. The van der Waals surface area contributed by atoms with Crippen molar-refractivity contribution in [1.29, 1.82) is 0 Å². The number of nitrogens with zero attached hydrogens (tertiary/aromatic N) is 1. The number of methoxy groups -OCH3 is 1. The third kappa shape index (κ3) is 2.80. The third-order valence-electron chi connectivity index (χ3n) is 2.93. The average Bonchev–Trinajstić information content (AvgIpc) is 2.40. The molecule has 18 heavy (non-hydrogen) atoms. The summed E-state index contributed by atoms with van der Waals surface area (Å²) < 4.78 is 5.36. The van der Waals surface area contributed by atoms with Crippen molar-refractivity contribution in [2.24, 2.45) is 0 Å². The summed E-state index contributed by atoms with van der Waals surface area (Å²) in [7, 11) is 1.69. The lowest BCUT2D eigenvalue weighted by atomic mass is 10.1. The molecule has 1 aromatic carbocycles. The van der Waals surface area contributed by atoms with Crippen LogP contribution in [0.2, 0.25) is 0 Å². The Hall–Kier alpha value is -2.03. The highest BCUT2D eigenvalue weighted by Crippen LogP contribution is 2.28. The standard InChI is InChI=1S/C15H18N2O/c1-11-4-5-15(18-3)14(10-11)17-12(2)13-6-8-16-9-7-13/h4-10,12,17H,1-3H3. The van der Waals surface area contributed by atoms with E-state index in [1.54, 1.807) is 19.5 Å². The molecule has 0 amide bonds. The molecule has 0 saturated heterocycles. The van der Waals surface area contributed by atoms with Gasteiger partial charge in [-0.25, -0.2) is 0 Å². The van der Waals surface area contributed by atoms with Gasteiger partial charge >= 0.3 is 0 Å². The van der Waals surface area contributed by atoms with Crippen LogP contribution in [0.25, 0.3) is 0 Å². The molecule has 1 aromatic heterocycles. The summed E-state index contributed by atoms with van der Waals surface area (Å²) in [5.74, 6) is 0.863. The molecule has 1 N–H and O–H groups in total. The highest BCUT2D eigenvalue weighted by atomic mass is 16.5. The number of rotatable bonds is 4. The van der Waals surface area contributed by atoms with Gasteiger partial charge in [-0.2, -0.15) is 0 Å². The van der Waals surface area contributed by atoms with Crippen molar-refractivity contribution in [2.45, 2.75) is 19.9 Å². The van der Waals surface area contributed by atoms with Gasteiger partial charge in [-0.05, 0) is 49.2 Å². The minimum absolute atomic E-state index is 0.212. The van der Waals surface area contributed by atoms with E-state index in [4.69, 9.17) is 4.74 Å². The molecule has 0 aliphatic carbocycles. The molecule has 2 aromatic rings. The number of nitrogens with one attached hydrogen (secondary N) is 1. The summed E-state index contributed by atoms with van der Waals surface area (Å²) >= 11 is 0. The predicted octanol–water partition coefficient (Wildman–Crippen LogP) is 3.57. The molecule has 0 aliphatic rings. The second-order valence-electron chi connectivity index (χ2n) is 4.35. The normalized spacial score (nSPS) is 11.9. The minimum Gasteiger partial charge on any atom is -0.495 e. The van der Waals surface area contributed by atoms with Crippen LogP contribution in [0.5, 0.6) is 5.75 Å². The predicted molar refractivity (Wildman–Crippen MR) is 74.0 cm³/mol. The fourth-order valence-electron chi connectivity index (χ4n) is 1.90. The second kappa shape index (κ2) is 5.54. The summed E-state index contributed by atoms with van der Waals surface area (Å²) in [6, 6.07) is 10.4. The Morgan fingerprint density at radius 2 is 1.89 bits per heavy atom. The SMILES string of the molecule is COc1ccc(C)cc1NC(C)c1ccncc1. The first-order valence-electron chi connectivity index (χ1n) is 6.02. The molecule has 3 nitrogen and oxygen atoms in total. The molecule has 0 fully saturated rings. The van der Waals surface area contributed by atoms with Crippen LogP contribution in [0.4, 0.5) is 5.69 Å². The van der Waals surface area contributed by atoms with E-state index in [9.17, 15) is 0 Å². The van der Waals surface area contributed by atoms with Gasteiger partial charge < -0.3 is 10.1 Å². The number of pyridine rings is 1. The Bertz CT molecular complexity index is 511. The maximum absolute atomic E-state index is 5.36. The first-order chi connectivity index (χ1) is 8.70. The van der Waals surface area contributed by atoms with E-state index in [-0.39, 0.29) is 6.04 Å². The van der Waals surface area contributed by atoms with Crippen molar-refractivity contribution in [3.8, 4) is 5.75 Å². The van der Waals surface area contributed by atoms with Gasteiger partial charge in [-0.15, -0.1) is 0 Å². The van der Waals surface area contributed by atoms with Crippen molar-refractivity contribution in [2.75, 3.05) is 12.4 Å². The van der Waals surface area contributed by atoms with Crippen molar-refractivity contribution in [1.82, 2.24) is 4.98 Å². The van der Waals surface area contributed by atoms with Crippen LogP contribution in [0.3, 0.4) is 0 Å². The maximum Gasteiger partial charge on any atom is 0.141 e. The molecule has 0 bridgehead atoms. The Labute approximate surface area is 108 Å². The smallest absolute Gasteiger partial charge is 0.141 e. The Kier molecular flexibility index (Phi) is 3.82. The zero-order valence-electron chi connectivity index (χ0n) is 11.0. The summed E-state index contributed by atoms with van der Waals surface area (Å²) in [4.78, 5) is 4.03. The quantitative estimate of drug-likeness (QED) is 0.890. The monoisotopic (exact) mass is 242 g/mol. The molecule has 3 heteroatoms. The number of anilines is 1. The van der Waals surface area contributed by atoms with Gasteiger partial charge in [0.15, 0.2) is 0 Å². The maximum atomic E-state index is 5.36. The van der Waals surface area contributed by atoms with E-state index in [0.29, 0.717) is 0 Å². The van der Waals surface area contributed by atoms with Gasteiger partial charge in [0.1, 0.15) is 5.75 Å². The fourth-order valence-corrected chi connectivity index (χ4v) is 1.90. The van der Waals surface area contributed by atoms with Gasteiger partial charge in [0.2, 0.25) is 0 Å². The van der Waals surface area contributed by atoms with E-state index < -0.39 is 0 Å². The Balaban J connectivity index is 2.21. The molecule has 1 heterocycles. The molecular formula is C15H18N2O. The van der Waals surface area contributed by atoms with Crippen LogP contribution in [-0.2, 0) is 0 Å². The van der Waals surface area contributed by atoms with E-state index >= 15 is 0 Å². The van der Waals surface area contributed by atoms with E-state index in [2.05, 4.69) is 30.2 Å². The first-order valence-corrected chi connectivity index (χ1v) is 6.02. The number of benzene rings is 1.